The first-order valence-corrected chi connectivity index (χ1v) is 5.24. The first kappa shape index (κ1) is 12.3. The van der Waals surface area contributed by atoms with Crippen LogP contribution >= 0.6 is 0 Å². The van der Waals surface area contributed by atoms with Gasteiger partial charge in [-0.25, -0.2) is 0 Å². The van der Waals surface area contributed by atoms with Gasteiger partial charge in [0.2, 0.25) is 0 Å². The highest BCUT2D eigenvalue weighted by atomic mass is 16.5. The number of terminal acetylenes is 1. The molecular formula is C15H16O. The lowest BCUT2D eigenvalue weighted by atomic mass is 10.1. The van der Waals surface area contributed by atoms with Gasteiger partial charge in [-0.15, -0.1) is 6.42 Å². The summed E-state index contributed by atoms with van der Waals surface area (Å²) in [7, 11) is 0. The largest absolute Gasteiger partial charge is 0.365 e. The van der Waals surface area contributed by atoms with Crippen LogP contribution in [0.15, 0.2) is 48.1 Å². The first-order valence-electron chi connectivity index (χ1n) is 5.24. The van der Waals surface area contributed by atoms with E-state index in [-0.39, 0.29) is 0 Å². The molecule has 0 aliphatic carbocycles. The molecule has 1 nitrogen and oxygen atoms in total. The van der Waals surface area contributed by atoms with E-state index >= 15 is 0 Å². The van der Waals surface area contributed by atoms with E-state index in [0.29, 0.717) is 13.2 Å². The molecule has 0 radical (unpaired) electrons. The van der Waals surface area contributed by atoms with Crippen molar-refractivity contribution in [3.63, 3.8) is 0 Å². The average molecular weight is 212 g/mol. The van der Waals surface area contributed by atoms with Gasteiger partial charge in [-0.2, -0.15) is 0 Å². The summed E-state index contributed by atoms with van der Waals surface area (Å²) in [6, 6.07) is 10.2. The Morgan fingerprint density at radius 2 is 2.12 bits per heavy atom. The fourth-order valence-electron chi connectivity index (χ4n) is 1.28. The zero-order valence-electron chi connectivity index (χ0n) is 9.52. The number of rotatable bonds is 5. The minimum Gasteiger partial charge on any atom is -0.365 e. The van der Waals surface area contributed by atoms with Crippen LogP contribution in [0.25, 0.3) is 6.08 Å². The lowest BCUT2D eigenvalue weighted by Gasteiger charge is -1.95. The van der Waals surface area contributed by atoms with Gasteiger partial charge in [-0.1, -0.05) is 60.1 Å². The van der Waals surface area contributed by atoms with Crippen LogP contribution in [-0.2, 0) is 4.74 Å². The molecule has 0 fully saturated rings. The van der Waals surface area contributed by atoms with Gasteiger partial charge in [0.25, 0.3) is 0 Å². The first-order chi connectivity index (χ1) is 7.83. The Kier molecular flexibility index (Phi) is 5.76. The van der Waals surface area contributed by atoms with Gasteiger partial charge in [0.05, 0.1) is 6.61 Å². The van der Waals surface area contributed by atoms with Gasteiger partial charge in [0.15, 0.2) is 0 Å². The molecule has 0 aromatic heterocycles. The maximum atomic E-state index is 5.13. The van der Waals surface area contributed by atoms with E-state index in [9.17, 15) is 0 Å². The SMILES string of the molecule is C#CCOC/C=C/C(C)=C/c1ccccc1. The van der Waals surface area contributed by atoms with Crippen LogP contribution in [0.5, 0.6) is 0 Å². The van der Waals surface area contributed by atoms with Crippen molar-refractivity contribution in [3.8, 4) is 12.3 Å². The second kappa shape index (κ2) is 7.50. The zero-order chi connectivity index (χ0) is 11.6. The second-order valence-corrected chi connectivity index (χ2v) is 3.42. The van der Waals surface area contributed by atoms with E-state index in [1.807, 2.05) is 30.4 Å². The quantitative estimate of drug-likeness (QED) is 0.413. The third kappa shape index (κ3) is 5.19. The summed E-state index contributed by atoms with van der Waals surface area (Å²) in [5, 5.41) is 0. The van der Waals surface area contributed by atoms with Crippen molar-refractivity contribution in [2.24, 2.45) is 0 Å². The Morgan fingerprint density at radius 1 is 1.38 bits per heavy atom. The number of benzene rings is 1. The molecule has 82 valence electrons. The molecule has 0 saturated heterocycles. The van der Waals surface area contributed by atoms with Crippen molar-refractivity contribution < 1.29 is 4.74 Å². The number of ether oxygens (including phenoxy) is 1. The van der Waals surface area contributed by atoms with E-state index in [4.69, 9.17) is 11.2 Å². The minimum atomic E-state index is 0.367. The highest BCUT2D eigenvalue weighted by Crippen LogP contribution is 2.06. The molecule has 1 aromatic rings. The minimum absolute atomic E-state index is 0.367. The number of hydrogen-bond acceptors (Lipinski definition) is 1. The maximum absolute atomic E-state index is 5.13. The lowest BCUT2D eigenvalue weighted by Crippen LogP contribution is -1.89. The molecule has 0 atom stereocenters. The molecule has 16 heavy (non-hydrogen) atoms. The molecule has 0 unspecified atom stereocenters. The second-order valence-electron chi connectivity index (χ2n) is 3.42. The van der Waals surface area contributed by atoms with Crippen LogP contribution in [0.1, 0.15) is 12.5 Å². The standard InChI is InChI=1S/C15H16O/c1-3-11-16-12-7-8-14(2)13-15-9-5-4-6-10-15/h1,4-10,13H,11-12H2,2H3/b8-7+,14-13+. The summed E-state index contributed by atoms with van der Waals surface area (Å²) in [5.41, 5.74) is 2.39. The summed E-state index contributed by atoms with van der Waals surface area (Å²) < 4.78 is 5.13. The van der Waals surface area contributed by atoms with E-state index < -0.39 is 0 Å². The summed E-state index contributed by atoms with van der Waals surface area (Å²) >= 11 is 0. The summed E-state index contributed by atoms with van der Waals surface area (Å²) in [4.78, 5) is 0. The Labute approximate surface area is 97.4 Å². The molecule has 0 heterocycles. The van der Waals surface area contributed by atoms with Crippen LogP contribution in [0, 0.1) is 12.3 Å². The maximum Gasteiger partial charge on any atom is 0.107 e. The molecule has 1 heteroatoms. The Balaban J connectivity index is 2.43. The van der Waals surface area contributed by atoms with Gasteiger partial charge >= 0.3 is 0 Å². The van der Waals surface area contributed by atoms with Gasteiger partial charge in [0, 0.05) is 0 Å². The van der Waals surface area contributed by atoms with Crippen molar-refractivity contribution in [2.45, 2.75) is 6.92 Å². The van der Waals surface area contributed by atoms with Crippen molar-refractivity contribution in [1.82, 2.24) is 0 Å². The van der Waals surface area contributed by atoms with Crippen molar-refractivity contribution in [3.05, 3.63) is 53.6 Å². The van der Waals surface area contributed by atoms with Gasteiger partial charge in [0.1, 0.15) is 6.61 Å². The number of hydrogen-bond donors (Lipinski definition) is 0. The van der Waals surface area contributed by atoms with E-state index in [1.165, 1.54) is 11.1 Å². The molecule has 1 rings (SSSR count). The van der Waals surface area contributed by atoms with E-state index in [2.05, 4.69) is 31.1 Å². The third-order valence-corrected chi connectivity index (χ3v) is 1.97. The molecule has 0 N–H and O–H groups in total. The fourth-order valence-corrected chi connectivity index (χ4v) is 1.28. The monoisotopic (exact) mass is 212 g/mol. The van der Waals surface area contributed by atoms with Crippen LogP contribution in [0.2, 0.25) is 0 Å². The fraction of sp³-hybridized carbons (Fsp3) is 0.200. The van der Waals surface area contributed by atoms with Crippen molar-refractivity contribution >= 4 is 6.08 Å². The predicted molar refractivity (Wildman–Crippen MR) is 68.9 cm³/mol. The Morgan fingerprint density at radius 3 is 2.81 bits per heavy atom. The normalized spacial score (nSPS) is 11.6. The summed E-state index contributed by atoms with van der Waals surface area (Å²) in [6.07, 6.45) is 11.2. The third-order valence-electron chi connectivity index (χ3n) is 1.97. The lowest BCUT2D eigenvalue weighted by molar-refractivity contribution is 0.199. The molecule has 0 saturated carbocycles. The van der Waals surface area contributed by atoms with Crippen LogP contribution < -0.4 is 0 Å². The topological polar surface area (TPSA) is 9.23 Å². The average Bonchev–Trinajstić information content (AvgIpc) is 2.30. The van der Waals surface area contributed by atoms with Gasteiger partial charge in [-0.05, 0) is 12.5 Å². The highest BCUT2D eigenvalue weighted by molar-refractivity contribution is 5.54. The highest BCUT2D eigenvalue weighted by Gasteiger charge is 1.86. The van der Waals surface area contributed by atoms with Gasteiger partial charge < -0.3 is 4.74 Å². The molecule has 0 spiro atoms. The predicted octanol–water partition coefficient (Wildman–Crippen LogP) is 3.30. The van der Waals surface area contributed by atoms with Crippen LogP contribution in [-0.4, -0.2) is 13.2 Å². The van der Waals surface area contributed by atoms with Crippen molar-refractivity contribution in [2.75, 3.05) is 13.2 Å². The van der Waals surface area contributed by atoms with E-state index in [0.717, 1.165) is 0 Å². The van der Waals surface area contributed by atoms with Gasteiger partial charge in [-0.3, -0.25) is 0 Å². The molecular weight excluding hydrogens is 196 g/mol. The summed E-state index contributed by atoms with van der Waals surface area (Å²) in [6.45, 7) is 2.99. The number of allylic oxidation sites excluding steroid dienone is 2. The van der Waals surface area contributed by atoms with Crippen LogP contribution in [0.3, 0.4) is 0 Å². The Bertz CT molecular complexity index is 393. The van der Waals surface area contributed by atoms with Crippen LogP contribution in [0.4, 0.5) is 0 Å². The zero-order valence-corrected chi connectivity index (χ0v) is 9.52. The van der Waals surface area contributed by atoms with E-state index in [1.54, 1.807) is 0 Å². The molecule has 0 aliphatic heterocycles. The Hall–Kier alpha value is -1.78. The smallest absolute Gasteiger partial charge is 0.107 e. The molecule has 1 aromatic carbocycles. The molecule has 0 aliphatic rings. The summed E-state index contributed by atoms with van der Waals surface area (Å²) in [5.74, 6) is 2.42. The molecule has 0 bridgehead atoms. The molecule has 0 amide bonds. The van der Waals surface area contributed by atoms with Crippen molar-refractivity contribution in [1.29, 1.82) is 0 Å².